The fourth-order valence-corrected chi connectivity index (χ4v) is 3.73. The number of hydrogen-bond acceptors (Lipinski definition) is 3. The van der Waals surface area contributed by atoms with Gasteiger partial charge < -0.3 is 5.32 Å². The maximum atomic E-state index is 12.7. The minimum atomic E-state index is -0.419. The van der Waals surface area contributed by atoms with E-state index < -0.39 is 5.56 Å². The van der Waals surface area contributed by atoms with Gasteiger partial charge in [-0.05, 0) is 49.4 Å². The van der Waals surface area contributed by atoms with E-state index in [9.17, 15) is 9.59 Å². The first-order chi connectivity index (χ1) is 13.5. The molecule has 1 amide bonds. The van der Waals surface area contributed by atoms with Crippen LogP contribution >= 0.6 is 11.6 Å². The summed E-state index contributed by atoms with van der Waals surface area (Å²) in [7, 11) is 0. The molecule has 1 aliphatic carbocycles. The first-order valence-corrected chi connectivity index (χ1v) is 9.65. The molecule has 28 heavy (non-hydrogen) atoms. The Bertz CT molecular complexity index is 1110. The second-order valence-corrected chi connectivity index (χ2v) is 7.36. The van der Waals surface area contributed by atoms with Crippen molar-refractivity contribution in [3.8, 4) is 11.4 Å². The number of hydrogen-bond donors (Lipinski definition) is 1. The van der Waals surface area contributed by atoms with Crippen molar-refractivity contribution in [2.75, 3.05) is 5.32 Å². The predicted molar refractivity (Wildman–Crippen MR) is 111 cm³/mol. The van der Waals surface area contributed by atoms with E-state index in [-0.39, 0.29) is 17.5 Å². The maximum absolute atomic E-state index is 12.7. The number of anilines is 1. The fourth-order valence-electron chi connectivity index (χ4n) is 3.59. The molecule has 0 aliphatic heterocycles. The van der Waals surface area contributed by atoms with Crippen molar-refractivity contribution in [2.45, 2.75) is 32.7 Å². The molecule has 5 nitrogen and oxygen atoms in total. The monoisotopic (exact) mass is 393 g/mol. The lowest BCUT2D eigenvalue weighted by molar-refractivity contribution is -0.116. The summed E-state index contributed by atoms with van der Waals surface area (Å²) in [6.07, 6.45) is 3.27. The van der Waals surface area contributed by atoms with Crippen LogP contribution in [0.1, 0.15) is 23.2 Å². The van der Waals surface area contributed by atoms with Gasteiger partial charge in [-0.1, -0.05) is 48.0 Å². The molecule has 142 valence electrons. The van der Waals surface area contributed by atoms with Crippen LogP contribution < -0.4 is 10.9 Å². The number of rotatable bonds is 4. The largest absolute Gasteiger partial charge is 0.325 e. The molecule has 0 saturated heterocycles. The minimum Gasteiger partial charge on any atom is -0.325 e. The highest BCUT2D eigenvalue weighted by atomic mass is 35.5. The molecule has 0 spiro atoms. The highest BCUT2D eigenvalue weighted by molar-refractivity contribution is 6.31. The van der Waals surface area contributed by atoms with Gasteiger partial charge in [0.15, 0.2) is 0 Å². The standard InChI is InChI=1S/C22H20ClN3O2/c1-14-20(23)22(28)26(21(24-14)16-6-3-2-4-7-16)13-19(27)25-18-11-10-15-8-5-9-17(15)12-18/h2-4,6-7,10-12H,5,8-9,13H2,1H3,(H,25,27). The van der Waals surface area contributed by atoms with Gasteiger partial charge in [0, 0.05) is 11.3 Å². The first-order valence-electron chi connectivity index (χ1n) is 9.27. The summed E-state index contributed by atoms with van der Waals surface area (Å²) in [6, 6.07) is 15.3. The van der Waals surface area contributed by atoms with E-state index in [0.29, 0.717) is 11.5 Å². The quantitative estimate of drug-likeness (QED) is 0.728. The van der Waals surface area contributed by atoms with E-state index in [1.54, 1.807) is 6.92 Å². The van der Waals surface area contributed by atoms with Crippen molar-refractivity contribution in [3.05, 3.63) is 80.7 Å². The summed E-state index contributed by atoms with van der Waals surface area (Å²) >= 11 is 6.12. The lowest BCUT2D eigenvalue weighted by Gasteiger charge is -2.14. The van der Waals surface area contributed by atoms with Gasteiger partial charge in [0.2, 0.25) is 5.91 Å². The van der Waals surface area contributed by atoms with E-state index in [1.165, 1.54) is 15.7 Å². The molecule has 0 atom stereocenters. The third-order valence-electron chi connectivity index (χ3n) is 5.00. The van der Waals surface area contributed by atoms with Crippen LogP contribution in [0, 0.1) is 6.92 Å². The Kier molecular flexibility index (Phi) is 5.01. The molecule has 0 radical (unpaired) electrons. The lowest BCUT2D eigenvalue weighted by Crippen LogP contribution is -2.30. The van der Waals surface area contributed by atoms with Gasteiger partial charge in [-0.3, -0.25) is 14.2 Å². The first kappa shape index (κ1) is 18.4. The number of carbonyl (C=O) groups is 1. The number of benzene rings is 2. The number of aryl methyl sites for hydroxylation is 3. The molecule has 1 aliphatic rings. The average Bonchev–Trinajstić information content (AvgIpc) is 3.17. The van der Waals surface area contributed by atoms with Crippen LogP contribution in [0.4, 0.5) is 5.69 Å². The van der Waals surface area contributed by atoms with Crippen molar-refractivity contribution in [2.24, 2.45) is 0 Å². The number of nitrogens with zero attached hydrogens (tertiary/aromatic N) is 2. The van der Waals surface area contributed by atoms with Gasteiger partial charge in [-0.25, -0.2) is 4.98 Å². The summed E-state index contributed by atoms with van der Waals surface area (Å²) in [4.78, 5) is 29.9. The fraction of sp³-hybridized carbons (Fsp3) is 0.227. The third-order valence-corrected chi connectivity index (χ3v) is 5.43. The van der Waals surface area contributed by atoms with Gasteiger partial charge in [0.25, 0.3) is 5.56 Å². The zero-order valence-corrected chi connectivity index (χ0v) is 16.3. The van der Waals surface area contributed by atoms with Crippen LogP contribution in [0.2, 0.25) is 5.02 Å². The van der Waals surface area contributed by atoms with Gasteiger partial charge in [0.1, 0.15) is 17.4 Å². The van der Waals surface area contributed by atoms with Crippen LogP contribution in [-0.4, -0.2) is 15.5 Å². The van der Waals surface area contributed by atoms with Crippen molar-refractivity contribution >= 4 is 23.2 Å². The lowest BCUT2D eigenvalue weighted by atomic mass is 10.1. The highest BCUT2D eigenvalue weighted by Crippen LogP contribution is 2.25. The molecular formula is C22H20ClN3O2. The van der Waals surface area contributed by atoms with Gasteiger partial charge in [-0.15, -0.1) is 0 Å². The number of halogens is 1. The van der Waals surface area contributed by atoms with Crippen LogP contribution in [0.25, 0.3) is 11.4 Å². The molecule has 0 bridgehead atoms. The molecule has 6 heteroatoms. The zero-order valence-electron chi connectivity index (χ0n) is 15.5. The van der Waals surface area contributed by atoms with Gasteiger partial charge >= 0.3 is 0 Å². The molecule has 3 aromatic rings. The van der Waals surface area contributed by atoms with Crippen LogP contribution in [0.5, 0.6) is 0 Å². The number of nitrogens with one attached hydrogen (secondary N) is 1. The molecule has 2 aromatic carbocycles. The van der Waals surface area contributed by atoms with E-state index in [4.69, 9.17) is 11.6 Å². The molecular weight excluding hydrogens is 374 g/mol. The zero-order chi connectivity index (χ0) is 19.7. The van der Waals surface area contributed by atoms with Crippen molar-refractivity contribution in [1.82, 2.24) is 9.55 Å². The molecule has 1 N–H and O–H groups in total. The molecule has 0 saturated carbocycles. The highest BCUT2D eigenvalue weighted by Gasteiger charge is 2.17. The third kappa shape index (κ3) is 3.58. The van der Waals surface area contributed by atoms with E-state index in [2.05, 4.69) is 16.4 Å². The Morgan fingerprint density at radius 3 is 2.68 bits per heavy atom. The number of fused-ring (bicyclic) bond motifs is 1. The summed E-state index contributed by atoms with van der Waals surface area (Å²) in [6.45, 7) is 1.53. The normalized spacial score (nSPS) is 12.6. The Morgan fingerprint density at radius 1 is 1.14 bits per heavy atom. The Hall–Kier alpha value is -2.92. The number of carbonyl (C=O) groups excluding carboxylic acids is 1. The molecule has 1 aromatic heterocycles. The smallest absolute Gasteiger partial charge is 0.273 e. The summed E-state index contributed by atoms with van der Waals surface area (Å²) in [5.41, 5.74) is 4.14. The van der Waals surface area contributed by atoms with Gasteiger partial charge in [0.05, 0.1) is 5.69 Å². The summed E-state index contributed by atoms with van der Waals surface area (Å²) in [5.74, 6) is 0.135. The van der Waals surface area contributed by atoms with Crippen molar-refractivity contribution in [1.29, 1.82) is 0 Å². The maximum Gasteiger partial charge on any atom is 0.273 e. The number of aromatic nitrogens is 2. The Balaban J connectivity index is 1.64. The van der Waals surface area contributed by atoms with Crippen molar-refractivity contribution in [3.63, 3.8) is 0 Å². The summed E-state index contributed by atoms with van der Waals surface area (Å²) < 4.78 is 1.33. The average molecular weight is 394 g/mol. The van der Waals surface area contributed by atoms with Crippen LogP contribution in [-0.2, 0) is 24.2 Å². The van der Waals surface area contributed by atoms with Gasteiger partial charge in [-0.2, -0.15) is 0 Å². The Labute approximate surface area is 168 Å². The molecule has 0 fully saturated rings. The van der Waals surface area contributed by atoms with E-state index in [1.807, 2.05) is 42.5 Å². The van der Waals surface area contributed by atoms with Crippen LogP contribution in [0.3, 0.4) is 0 Å². The summed E-state index contributed by atoms with van der Waals surface area (Å²) in [5, 5.41) is 2.92. The van der Waals surface area contributed by atoms with Crippen LogP contribution in [0.15, 0.2) is 53.3 Å². The topological polar surface area (TPSA) is 64.0 Å². The Morgan fingerprint density at radius 2 is 1.89 bits per heavy atom. The predicted octanol–water partition coefficient (Wildman–Crippen LogP) is 4.00. The minimum absolute atomic E-state index is 0.0324. The van der Waals surface area contributed by atoms with Crippen molar-refractivity contribution < 1.29 is 4.79 Å². The molecule has 4 rings (SSSR count). The second kappa shape index (κ2) is 7.60. The number of amides is 1. The second-order valence-electron chi connectivity index (χ2n) is 6.98. The molecule has 1 heterocycles. The van der Waals surface area contributed by atoms with E-state index >= 15 is 0 Å². The SMILES string of the molecule is Cc1nc(-c2ccccc2)n(CC(=O)Nc2ccc3c(c2)CCC3)c(=O)c1Cl. The van der Waals surface area contributed by atoms with E-state index in [0.717, 1.165) is 30.5 Å². The molecule has 0 unspecified atom stereocenters.